The molecule has 14 heteroatoms. The highest BCUT2D eigenvalue weighted by molar-refractivity contribution is 8.18. The molecule has 2 fully saturated rings. The number of amides is 3. The SMILES string of the molecule is CC(C)(C)OC(=O)N1[C@H](CN2C(=O)S/C(=C\c3ccc4c(cnn4Cc4ccc(Cl)cc4C(F)(F)F)c3)C2=O)COC1(C)C. The van der Waals surface area contributed by atoms with E-state index in [-0.39, 0.29) is 35.2 Å². The maximum Gasteiger partial charge on any atom is 0.416 e. The monoisotopic (exact) mass is 650 g/mol. The van der Waals surface area contributed by atoms with Gasteiger partial charge in [-0.2, -0.15) is 18.3 Å². The largest absolute Gasteiger partial charge is 0.444 e. The number of ether oxygens (including phenoxy) is 2. The van der Waals surface area contributed by atoms with Crippen LogP contribution in [0.2, 0.25) is 5.02 Å². The summed E-state index contributed by atoms with van der Waals surface area (Å²) in [5.74, 6) is -0.507. The highest BCUT2D eigenvalue weighted by Gasteiger charge is 2.48. The zero-order valence-electron chi connectivity index (χ0n) is 24.6. The number of carbonyl (C=O) groups excluding carboxylic acids is 3. The van der Waals surface area contributed by atoms with E-state index in [1.54, 1.807) is 58.9 Å². The second-order valence-electron chi connectivity index (χ2n) is 12.0. The summed E-state index contributed by atoms with van der Waals surface area (Å²) in [5.41, 5.74) is -1.36. The van der Waals surface area contributed by atoms with Gasteiger partial charge in [0.2, 0.25) is 0 Å². The van der Waals surface area contributed by atoms with Crippen LogP contribution in [-0.2, 0) is 27.0 Å². The van der Waals surface area contributed by atoms with E-state index in [0.29, 0.717) is 16.5 Å². The van der Waals surface area contributed by atoms with Gasteiger partial charge < -0.3 is 9.47 Å². The Morgan fingerprint density at radius 3 is 2.59 bits per heavy atom. The van der Waals surface area contributed by atoms with Crippen LogP contribution in [0.15, 0.2) is 47.5 Å². The summed E-state index contributed by atoms with van der Waals surface area (Å²) in [7, 11) is 0. The minimum absolute atomic E-state index is 0.0127. The molecule has 0 bridgehead atoms. The van der Waals surface area contributed by atoms with Crippen LogP contribution in [0.5, 0.6) is 0 Å². The summed E-state index contributed by atoms with van der Waals surface area (Å²) in [6.45, 7) is 8.59. The van der Waals surface area contributed by atoms with Crippen LogP contribution in [0.25, 0.3) is 17.0 Å². The quantitative estimate of drug-likeness (QED) is 0.270. The van der Waals surface area contributed by atoms with E-state index < -0.39 is 46.3 Å². The number of thioether (sulfide) groups is 1. The van der Waals surface area contributed by atoms with E-state index >= 15 is 0 Å². The molecule has 0 saturated carbocycles. The minimum atomic E-state index is -4.58. The van der Waals surface area contributed by atoms with Crippen molar-refractivity contribution < 1.29 is 37.0 Å². The Morgan fingerprint density at radius 1 is 1.18 bits per heavy atom. The normalized spacial score (nSPS) is 19.9. The lowest BCUT2D eigenvalue weighted by atomic mass is 10.1. The van der Waals surface area contributed by atoms with Gasteiger partial charge in [-0.1, -0.05) is 23.7 Å². The average Bonchev–Trinajstić information content (AvgIpc) is 3.52. The van der Waals surface area contributed by atoms with Gasteiger partial charge in [-0.05, 0) is 87.8 Å². The molecule has 3 heterocycles. The third-order valence-corrected chi connectivity index (χ3v) is 8.23. The average molecular weight is 651 g/mol. The van der Waals surface area contributed by atoms with E-state index in [2.05, 4.69) is 5.10 Å². The zero-order chi connectivity index (χ0) is 32.2. The number of alkyl halides is 3. The molecule has 0 spiro atoms. The molecule has 0 unspecified atom stereocenters. The molecule has 2 aromatic carbocycles. The molecule has 2 aliphatic heterocycles. The number of nitrogens with zero attached hydrogens (tertiary/aromatic N) is 4. The van der Waals surface area contributed by atoms with Crippen molar-refractivity contribution >= 4 is 57.6 Å². The first-order valence-electron chi connectivity index (χ1n) is 13.7. The van der Waals surface area contributed by atoms with E-state index in [0.717, 1.165) is 22.7 Å². The molecule has 0 aliphatic carbocycles. The van der Waals surface area contributed by atoms with Crippen molar-refractivity contribution in [2.45, 2.75) is 64.7 Å². The lowest BCUT2D eigenvalue weighted by Crippen LogP contribution is -2.53. The van der Waals surface area contributed by atoms with Crippen molar-refractivity contribution in [1.82, 2.24) is 19.6 Å². The number of imide groups is 1. The summed E-state index contributed by atoms with van der Waals surface area (Å²) >= 11 is 6.59. The summed E-state index contributed by atoms with van der Waals surface area (Å²) in [6, 6.07) is 8.14. The Balaban J connectivity index is 1.33. The van der Waals surface area contributed by atoms with Crippen LogP contribution in [0.3, 0.4) is 0 Å². The second kappa shape index (κ2) is 11.4. The van der Waals surface area contributed by atoms with Gasteiger partial charge in [-0.25, -0.2) is 4.79 Å². The fourth-order valence-electron chi connectivity index (χ4n) is 5.15. The summed E-state index contributed by atoms with van der Waals surface area (Å²) in [5, 5.41) is 4.41. The third-order valence-electron chi connectivity index (χ3n) is 7.09. The number of fused-ring (bicyclic) bond motifs is 1. The maximum atomic E-state index is 13.6. The molecule has 0 radical (unpaired) electrons. The van der Waals surface area contributed by atoms with Gasteiger partial charge in [0.05, 0.1) is 47.9 Å². The first-order chi connectivity index (χ1) is 20.4. The molecule has 1 aromatic heterocycles. The second-order valence-corrected chi connectivity index (χ2v) is 13.4. The minimum Gasteiger partial charge on any atom is -0.444 e. The van der Waals surface area contributed by atoms with Gasteiger partial charge in [-0.15, -0.1) is 0 Å². The Hall–Kier alpha value is -3.55. The highest BCUT2D eigenvalue weighted by atomic mass is 35.5. The third kappa shape index (κ3) is 6.59. The van der Waals surface area contributed by atoms with Crippen LogP contribution >= 0.6 is 23.4 Å². The highest BCUT2D eigenvalue weighted by Crippen LogP contribution is 2.37. The first kappa shape index (κ1) is 31.9. The standard InChI is InChI=1S/C30H30ClF3N4O5S/c1-28(2,3)43-26(40)38-21(16-42-29(38,4)5)15-36-25(39)24(44-27(36)41)11-17-6-9-23-19(10-17)13-35-37(23)14-18-7-8-20(31)12-22(18)30(32,33)34/h6-13,21H,14-16H2,1-5H3/b24-11-/t21-/m1/s1. The van der Waals surface area contributed by atoms with E-state index in [4.69, 9.17) is 21.1 Å². The predicted molar refractivity (Wildman–Crippen MR) is 160 cm³/mol. The molecule has 2 aliphatic rings. The van der Waals surface area contributed by atoms with Crippen LogP contribution in [-0.4, -0.2) is 67.3 Å². The van der Waals surface area contributed by atoms with Crippen molar-refractivity contribution in [2.75, 3.05) is 13.2 Å². The van der Waals surface area contributed by atoms with E-state index in [1.165, 1.54) is 27.9 Å². The van der Waals surface area contributed by atoms with Gasteiger partial charge in [0.1, 0.15) is 11.3 Å². The van der Waals surface area contributed by atoms with Gasteiger partial charge in [0, 0.05) is 10.4 Å². The smallest absolute Gasteiger partial charge is 0.416 e. The Bertz CT molecular complexity index is 1680. The van der Waals surface area contributed by atoms with Crippen molar-refractivity contribution in [3.05, 3.63) is 69.2 Å². The lowest BCUT2D eigenvalue weighted by Gasteiger charge is -2.35. The van der Waals surface area contributed by atoms with Gasteiger partial charge in [-0.3, -0.25) is 24.1 Å². The first-order valence-corrected chi connectivity index (χ1v) is 14.9. The molecular formula is C30H30ClF3N4O5S. The fourth-order valence-corrected chi connectivity index (χ4v) is 6.17. The predicted octanol–water partition coefficient (Wildman–Crippen LogP) is 7.17. The Morgan fingerprint density at radius 2 is 1.91 bits per heavy atom. The molecule has 234 valence electrons. The molecule has 1 atom stereocenters. The topological polar surface area (TPSA) is 94.0 Å². The van der Waals surface area contributed by atoms with Crippen molar-refractivity contribution in [3.63, 3.8) is 0 Å². The van der Waals surface area contributed by atoms with E-state index in [9.17, 15) is 27.6 Å². The molecule has 9 nitrogen and oxygen atoms in total. The summed E-state index contributed by atoms with van der Waals surface area (Å²) < 4.78 is 53.5. The van der Waals surface area contributed by atoms with Crippen LogP contribution < -0.4 is 0 Å². The van der Waals surface area contributed by atoms with Crippen molar-refractivity contribution in [2.24, 2.45) is 0 Å². The number of rotatable bonds is 5. The molecular weight excluding hydrogens is 621 g/mol. The number of halogens is 4. The number of hydrogen-bond acceptors (Lipinski definition) is 7. The van der Waals surface area contributed by atoms with Gasteiger partial charge in [0.25, 0.3) is 11.1 Å². The van der Waals surface area contributed by atoms with Crippen molar-refractivity contribution in [3.8, 4) is 0 Å². The maximum absolute atomic E-state index is 13.6. The zero-order valence-corrected chi connectivity index (χ0v) is 26.1. The van der Waals surface area contributed by atoms with Crippen molar-refractivity contribution in [1.29, 1.82) is 0 Å². The van der Waals surface area contributed by atoms with Crippen LogP contribution in [0.4, 0.5) is 22.8 Å². The fraction of sp³-hybridized carbons (Fsp3) is 0.400. The number of aromatic nitrogens is 2. The van der Waals surface area contributed by atoms with E-state index in [1.807, 2.05) is 0 Å². The molecule has 44 heavy (non-hydrogen) atoms. The number of hydrogen-bond donors (Lipinski definition) is 0. The number of carbonyl (C=O) groups is 3. The molecule has 2 saturated heterocycles. The summed E-state index contributed by atoms with van der Waals surface area (Å²) in [6.07, 6.45) is -2.08. The number of benzene rings is 2. The van der Waals surface area contributed by atoms with Crippen LogP contribution in [0.1, 0.15) is 51.3 Å². The van der Waals surface area contributed by atoms with Gasteiger partial charge in [0.15, 0.2) is 0 Å². The molecule has 3 aromatic rings. The van der Waals surface area contributed by atoms with Crippen LogP contribution in [0, 0.1) is 0 Å². The molecule has 5 rings (SSSR count). The molecule has 3 amide bonds. The molecule has 0 N–H and O–H groups in total. The van der Waals surface area contributed by atoms with Gasteiger partial charge >= 0.3 is 12.3 Å². The summed E-state index contributed by atoms with van der Waals surface area (Å²) in [4.78, 5) is 41.9. The lowest BCUT2D eigenvalue weighted by molar-refractivity contribution is -0.138. The Kier molecular flexibility index (Phi) is 8.27. The Labute approximate surface area is 260 Å².